The van der Waals surface area contributed by atoms with Gasteiger partial charge in [0.05, 0.1) is 0 Å². The van der Waals surface area contributed by atoms with Crippen LogP contribution in [0.3, 0.4) is 0 Å². The van der Waals surface area contributed by atoms with Gasteiger partial charge in [-0.15, -0.1) is 0 Å². The number of nitrogens with one attached hydrogen (secondary N) is 2. The molecule has 0 aromatic carbocycles. The molecule has 2 N–H and O–H groups in total. The van der Waals surface area contributed by atoms with Crippen molar-refractivity contribution in [3.63, 3.8) is 0 Å². The van der Waals surface area contributed by atoms with E-state index in [1.54, 1.807) is 0 Å². The highest BCUT2D eigenvalue weighted by molar-refractivity contribution is 5.68. The average Bonchev–Trinajstić information content (AvgIpc) is 2.69. The fourth-order valence-electron chi connectivity index (χ4n) is 2.69. The van der Waals surface area contributed by atoms with Gasteiger partial charge in [-0.3, -0.25) is 0 Å². The van der Waals surface area contributed by atoms with Gasteiger partial charge in [0.2, 0.25) is 0 Å². The molecule has 0 saturated heterocycles. The molecule has 0 aliphatic rings. The minimum atomic E-state index is -0.465. The van der Waals surface area contributed by atoms with Crippen LogP contribution < -0.4 is 10.6 Å². The molecule has 0 spiro atoms. The third kappa shape index (κ3) is 6.26. The summed E-state index contributed by atoms with van der Waals surface area (Å²) in [4.78, 5) is 11.8. The summed E-state index contributed by atoms with van der Waals surface area (Å²) in [6, 6.07) is 2.30. The van der Waals surface area contributed by atoms with Gasteiger partial charge in [-0.2, -0.15) is 0 Å². The van der Waals surface area contributed by atoms with Gasteiger partial charge in [-0.25, -0.2) is 4.79 Å². The molecular weight excluding hydrogens is 290 g/mol. The summed E-state index contributed by atoms with van der Waals surface area (Å²) in [5.41, 5.74) is 3.45. The summed E-state index contributed by atoms with van der Waals surface area (Å²) in [5, 5.41) is 6.37. The molecule has 1 unspecified atom stereocenters. The van der Waals surface area contributed by atoms with Crippen molar-refractivity contribution < 1.29 is 9.53 Å². The van der Waals surface area contributed by atoms with Crippen LogP contribution in [0.1, 0.15) is 58.0 Å². The first kappa shape index (κ1) is 19.6. The van der Waals surface area contributed by atoms with Crippen molar-refractivity contribution >= 4 is 6.09 Å². The Balaban J connectivity index is 2.48. The number of hydrogen-bond acceptors (Lipinski definition) is 3. The van der Waals surface area contributed by atoms with Crippen molar-refractivity contribution in [3.05, 3.63) is 23.0 Å². The third-order valence-electron chi connectivity index (χ3n) is 3.91. The van der Waals surface area contributed by atoms with Gasteiger partial charge in [-0.1, -0.05) is 6.92 Å². The van der Waals surface area contributed by atoms with E-state index in [4.69, 9.17) is 4.74 Å². The molecule has 132 valence electrons. The Kier molecular flexibility index (Phi) is 7.13. The molecule has 23 heavy (non-hydrogen) atoms. The van der Waals surface area contributed by atoms with Gasteiger partial charge in [0.25, 0.3) is 0 Å². The molecule has 1 amide bonds. The number of carbonyl (C=O) groups is 1. The monoisotopic (exact) mass is 323 g/mol. The lowest BCUT2D eigenvalue weighted by atomic mass is 10.2. The Morgan fingerprint density at radius 3 is 2.43 bits per heavy atom. The summed E-state index contributed by atoms with van der Waals surface area (Å²) >= 11 is 0. The number of hydrogen-bond donors (Lipinski definition) is 2. The number of carbonyl (C=O) groups excluding carboxylic acids is 1. The maximum Gasteiger partial charge on any atom is 0.407 e. The second-order valence-electron chi connectivity index (χ2n) is 7.02. The smallest absolute Gasteiger partial charge is 0.407 e. The van der Waals surface area contributed by atoms with Crippen molar-refractivity contribution in [2.45, 2.75) is 79.6 Å². The van der Waals surface area contributed by atoms with E-state index in [1.807, 2.05) is 20.8 Å². The molecule has 1 aromatic heterocycles. The summed E-state index contributed by atoms with van der Waals surface area (Å²) in [5.74, 6) is 0. The Morgan fingerprint density at radius 1 is 1.30 bits per heavy atom. The fourth-order valence-corrected chi connectivity index (χ4v) is 2.69. The van der Waals surface area contributed by atoms with Crippen LogP contribution in [0, 0.1) is 13.8 Å². The van der Waals surface area contributed by atoms with Crippen molar-refractivity contribution in [1.82, 2.24) is 15.2 Å². The van der Waals surface area contributed by atoms with Crippen molar-refractivity contribution in [2.75, 3.05) is 6.54 Å². The number of aryl methyl sites for hydroxylation is 1. The van der Waals surface area contributed by atoms with Gasteiger partial charge < -0.3 is 19.9 Å². The first-order valence-corrected chi connectivity index (χ1v) is 8.53. The predicted octanol–water partition coefficient (Wildman–Crippen LogP) is 3.52. The highest BCUT2D eigenvalue weighted by Gasteiger charge is 2.18. The molecule has 1 heterocycles. The number of alkyl carbamates (subject to hydrolysis) is 1. The zero-order valence-electron chi connectivity index (χ0n) is 15.7. The Hall–Kier alpha value is -1.49. The third-order valence-corrected chi connectivity index (χ3v) is 3.91. The van der Waals surface area contributed by atoms with E-state index in [0.717, 1.165) is 26.1 Å². The standard InChI is InChI=1S/C18H33N3O2/c1-8-16(20-17(22)23-18(5,6)7)12-19-11-15-10-13(3)21(9-2)14(15)4/h10,16,19H,8-9,11-12H2,1-7H3,(H,20,22). The van der Waals surface area contributed by atoms with E-state index in [9.17, 15) is 4.79 Å². The van der Waals surface area contributed by atoms with Crippen LogP contribution >= 0.6 is 0 Å². The highest BCUT2D eigenvalue weighted by Crippen LogP contribution is 2.14. The maximum absolute atomic E-state index is 11.8. The maximum atomic E-state index is 11.8. The number of aromatic nitrogens is 1. The quantitative estimate of drug-likeness (QED) is 0.807. The van der Waals surface area contributed by atoms with Crippen molar-refractivity contribution in [2.24, 2.45) is 0 Å². The first-order valence-electron chi connectivity index (χ1n) is 8.53. The van der Waals surface area contributed by atoms with Crippen LogP contribution in [0.25, 0.3) is 0 Å². The highest BCUT2D eigenvalue weighted by atomic mass is 16.6. The number of rotatable bonds is 7. The minimum Gasteiger partial charge on any atom is -0.444 e. The van der Waals surface area contributed by atoms with Gasteiger partial charge in [0, 0.05) is 37.1 Å². The number of amides is 1. The van der Waals surface area contributed by atoms with Crippen molar-refractivity contribution in [3.8, 4) is 0 Å². The molecule has 0 radical (unpaired) electrons. The Labute approximate surface area is 140 Å². The lowest BCUT2D eigenvalue weighted by Crippen LogP contribution is -2.43. The van der Waals surface area contributed by atoms with E-state index >= 15 is 0 Å². The molecule has 1 atom stereocenters. The summed E-state index contributed by atoms with van der Waals surface area (Å²) in [6.45, 7) is 16.7. The Bertz CT molecular complexity index is 515. The second-order valence-corrected chi connectivity index (χ2v) is 7.02. The molecule has 0 fully saturated rings. The molecule has 0 aliphatic carbocycles. The topological polar surface area (TPSA) is 55.3 Å². The summed E-state index contributed by atoms with van der Waals surface area (Å²) in [7, 11) is 0. The largest absolute Gasteiger partial charge is 0.444 e. The van der Waals surface area contributed by atoms with Crippen LogP contribution in [-0.4, -0.2) is 28.8 Å². The van der Waals surface area contributed by atoms with Crippen molar-refractivity contribution in [1.29, 1.82) is 0 Å². The lowest BCUT2D eigenvalue weighted by Gasteiger charge is -2.23. The van der Waals surface area contributed by atoms with E-state index in [0.29, 0.717) is 0 Å². The second kappa shape index (κ2) is 8.39. The average molecular weight is 323 g/mol. The molecular formula is C18H33N3O2. The van der Waals surface area contributed by atoms with Gasteiger partial charge in [0.1, 0.15) is 5.60 Å². The van der Waals surface area contributed by atoms with Gasteiger partial charge in [0.15, 0.2) is 0 Å². The normalized spacial score (nSPS) is 13.0. The molecule has 0 saturated carbocycles. The zero-order valence-corrected chi connectivity index (χ0v) is 15.7. The van der Waals surface area contributed by atoms with Gasteiger partial charge in [-0.05, 0) is 59.6 Å². The molecule has 1 aromatic rings. The van der Waals surface area contributed by atoms with Gasteiger partial charge >= 0.3 is 6.09 Å². The van der Waals surface area contributed by atoms with E-state index in [1.165, 1.54) is 17.0 Å². The molecule has 5 heteroatoms. The van der Waals surface area contributed by atoms with Crippen LogP contribution in [0.15, 0.2) is 6.07 Å². The van der Waals surface area contributed by atoms with Crippen LogP contribution in [-0.2, 0) is 17.8 Å². The fraction of sp³-hybridized carbons (Fsp3) is 0.722. The lowest BCUT2D eigenvalue weighted by molar-refractivity contribution is 0.0502. The minimum absolute atomic E-state index is 0.0690. The van der Waals surface area contributed by atoms with Crippen LogP contribution in [0.2, 0.25) is 0 Å². The first-order chi connectivity index (χ1) is 10.7. The SMILES string of the molecule is CCC(CNCc1cc(C)n(CC)c1C)NC(=O)OC(C)(C)C. The molecule has 0 aliphatic heterocycles. The Morgan fingerprint density at radius 2 is 1.96 bits per heavy atom. The van der Waals surface area contributed by atoms with E-state index in [2.05, 4.69) is 49.0 Å². The molecule has 0 bridgehead atoms. The number of nitrogens with zero attached hydrogens (tertiary/aromatic N) is 1. The summed E-state index contributed by atoms with van der Waals surface area (Å²) in [6.07, 6.45) is 0.510. The summed E-state index contributed by atoms with van der Waals surface area (Å²) < 4.78 is 7.62. The van der Waals surface area contributed by atoms with E-state index in [-0.39, 0.29) is 12.1 Å². The zero-order chi connectivity index (χ0) is 17.6. The van der Waals surface area contributed by atoms with E-state index < -0.39 is 5.60 Å². The molecule has 1 rings (SSSR count). The molecule has 5 nitrogen and oxygen atoms in total. The van der Waals surface area contributed by atoms with Crippen LogP contribution in [0.4, 0.5) is 4.79 Å². The predicted molar refractivity (Wildman–Crippen MR) is 94.7 cm³/mol. The van der Waals surface area contributed by atoms with Crippen LogP contribution in [0.5, 0.6) is 0 Å². The number of ether oxygens (including phenoxy) is 1.